The molecule has 2 N–H and O–H groups in total. The molecule has 0 aliphatic heterocycles. The number of ether oxygens (including phenoxy) is 1. The number of hydrogen-bond donors (Lipinski definition) is 2. The average Bonchev–Trinajstić information content (AvgIpc) is 2.30. The van der Waals surface area contributed by atoms with Gasteiger partial charge in [0.15, 0.2) is 0 Å². The minimum Gasteiger partial charge on any atom is -0.394 e. The first-order chi connectivity index (χ1) is 8.13. The summed E-state index contributed by atoms with van der Waals surface area (Å²) < 4.78 is 4.91. The fraction of sp³-hybridized carbons (Fsp3) is 0.417. The molecule has 0 spiro atoms. The van der Waals surface area contributed by atoms with Crippen LogP contribution in [0.2, 0.25) is 0 Å². The van der Waals surface area contributed by atoms with Gasteiger partial charge in [0.25, 0.3) is 0 Å². The molecule has 1 aromatic rings. The van der Waals surface area contributed by atoms with Gasteiger partial charge in [0.1, 0.15) is 6.61 Å². The minimum absolute atomic E-state index is 0.0456. The van der Waals surface area contributed by atoms with Gasteiger partial charge in [0.2, 0.25) is 5.91 Å². The van der Waals surface area contributed by atoms with E-state index >= 15 is 0 Å². The van der Waals surface area contributed by atoms with E-state index in [2.05, 4.69) is 5.32 Å². The summed E-state index contributed by atoms with van der Waals surface area (Å²) in [6.07, 6.45) is 0. The Morgan fingerprint density at radius 2 is 2.00 bits per heavy atom. The van der Waals surface area contributed by atoms with Gasteiger partial charge in [-0.05, 0) is 24.3 Å². The first-order valence-corrected chi connectivity index (χ1v) is 5.39. The van der Waals surface area contributed by atoms with Crippen LogP contribution in [0, 0.1) is 0 Å². The number of nitrogens with one attached hydrogen (secondary N) is 1. The number of hydrogen-bond acceptors (Lipinski definition) is 4. The molecular formula is C12H18N2O3. The molecule has 0 unspecified atom stereocenters. The van der Waals surface area contributed by atoms with Gasteiger partial charge in [0, 0.05) is 25.5 Å². The lowest BCUT2D eigenvalue weighted by Crippen LogP contribution is -2.19. The van der Waals surface area contributed by atoms with Gasteiger partial charge < -0.3 is 20.1 Å². The second-order valence-electron chi connectivity index (χ2n) is 3.77. The van der Waals surface area contributed by atoms with Crippen molar-refractivity contribution in [3.05, 3.63) is 24.3 Å². The van der Waals surface area contributed by atoms with Crippen molar-refractivity contribution in [1.29, 1.82) is 0 Å². The van der Waals surface area contributed by atoms with E-state index in [0.29, 0.717) is 0 Å². The summed E-state index contributed by atoms with van der Waals surface area (Å²) in [6, 6.07) is 7.51. The highest BCUT2D eigenvalue weighted by molar-refractivity contribution is 5.91. The van der Waals surface area contributed by atoms with Crippen LogP contribution in [0.1, 0.15) is 0 Å². The van der Waals surface area contributed by atoms with Gasteiger partial charge in [-0.3, -0.25) is 4.79 Å². The summed E-state index contributed by atoms with van der Waals surface area (Å²) in [6.45, 7) is 0.0494. The zero-order valence-corrected chi connectivity index (χ0v) is 10.1. The molecule has 0 heterocycles. The number of amides is 1. The number of anilines is 2. The Labute approximate surface area is 101 Å². The summed E-state index contributed by atoms with van der Waals surface area (Å²) in [4.78, 5) is 13.4. The van der Waals surface area contributed by atoms with Crippen LogP contribution in [0.5, 0.6) is 0 Å². The third kappa shape index (κ3) is 4.84. The van der Waals surface area contributed by atoms with E-state index in [1.54, 1.807) is 0 Å². The molecule has 0 fully saturated rings. The molecule has 0 atom stereocenters. The Balaban J connectivity index is 2.43. The van der Waals surface area contributed by atoms with Crippen molar-refractivity contribution < 1.29 is 14.6 Å². The predicted molar refractivity (Wildman–Crippen MR) is 67.3 cm³/mol. The molecular weight excluding hydrogens is 220 g/mol. The number of aliphatic hydroxyl groups excluding tert-OH is 1. The number of rotatable bonds is 6. The molecule has 5 heteroatoms. The van der Waals surface area contributed by atoms with Crippen molar-refractivity contribution in [2.24, 2.45) is 0 Å². The third-order valence-corrected chi connectivity index (χ3v) is 2.14. The SMILES string of the molecule is CN(C)c1ccc(NC(=O)COCCO)cc1. The van der Waals surface area contributed by atoms with Crippen molar-refractivity contribution in [3.8, 4) is 0 Å². The molecule has 0 saturated carbocycles. The maximum absolute atomic E-state index is 11.4. The Morgan fingerprint density at radius 3 is 2.53 bits per heavy atom. The molecule has 0 radical (unpaired) electrons. The molecule has 0 aliphatic rings. The van der Waals surface area contributed by atoms with Gasteiger partial charge in [-0.2, -0.15) is 0 Å². The average molecular weight is 238 g/mol. The Kier molecular flexibility index (Phi) is 5.45. The second-order valence-corrected chi connectivity index (χ2v) is 3.77. The molecule has 5 nitrogen and oxygen atoms in total. The van der Waals surface area contributed by atoms with E-state index in [1.807, 2.05) is 43.3 Å². The summed E-state index contributed by atoms with van der Waals surface area (Å²) >= 11 is 0. The molecule has 1 amide bonds. The molecule has 17 heavy (non-hydrogen) atoms. The van der Waals surface area contributed by atoms with Crippen LogP contribution < -0.4 is 10.2 Å². The van der Waals surface area contributed by atoms with Gasteiger partial charge in [0.05, 0.1) is 13.2 Å². The van der Waals surface area contributed by atoms with Crippen molar-refractivity contribution in [3.63, 3.8) is 0 Å². The highest BCUT2D eigenvalue weighted by Gasteiger charge is 2.02. The zero-order chi connectivity index (χ0) is 12.7. The Hall–Kier alpha value is -1.59. The van der Waals surface area contributed by atoms with Crippen molar-refractivity contribution in [2.45, 2.75) is 0 Å². The number of carbonyl (C=O) groups excluding carboxylic acids is 1. The monoisotopic (exact) mass is 238 g/mol. The van der Waals surface area contributed by atoms with Crippen molar-refractivity contribution in [1.82, 2.24) is 0 Å². The van der Waals surface area contributed by atoms with Crippen LogP contribution >= 0.6 is 0 Å². The first kappa shape index (κ1) is 13.5. The van der Waals surface area contributed by atoms with E-state index < -0.39 is 0 Å². The van der Waals surface area contributed by atoms with E-state index in [1.165, 1.54) is 0 Å². The fourth-order valence-electron chi connectivity index (χ4n) is 1.27. The van der Waals surface area contributed by atoms with Crippen LogP contribution in [0.4, 0.5) is 11.4 Å². The number of aliphatic hydroxyl groups is 1. The third-order valence-electron chi connectivity index (χ3n) is 2.14. The number of benzene rings is 1. The summed E-state index contributed by atoms with van der Waals surface area (Å²) in [7, 11) is 3.91. The van der Waals surface area contributed by atoms with Crippen molar-refractivity contribution in [2.75, 3.05) is 44.1 Å². The minimum atomic E-state index is -0.226. The lowest BCUT2D eigenvalue weighted by Gasteiger charge is -2.13. The van der Waals surface area contributed by atoms with Crippen LogP contribution in [0.15, 0.2) is 24.3 Å². The first-order valence-electron chi connectivity index (χ1n) is 5.39. The summed E-state index contributed by atoms with van der Waals surface area (Å²) in [5.74, 6) is -0.226. The summed E-state index contributed by atoms with van der Waals surface area (Å²) in [5, 5.41) is 11.2. The molecule has 94 valence electrons. The lowest BCUT2D eigenvalue weighted by molar-refractivity contribution is -0.120. The summed E-state index contributed by atoms with van der Waals surface area (Å²) in [5.41, 5.74) is 1.80. The number of nitrogens with zero attached hydrogens (tertiary/aromatic N) is 1. The molecule has 0 saturated heterocycles. The van der Waals surface area contributed by atoms with Crippen LogP contribution in [-0.4, -0.2) is 44.9 Å². The second kappa shape index (κ2) is 6.88. The van der Waals surface area contributed by atoms with E-state index in [-0.39, 0.29) is 25.7 Å². The molecule has 0 bridgehead atoms. The topological polar surface area (TPSA) is 61.8 Å². The maximum Gasteiger partial charge on any atom is 0.250 e. The molecule has 0 aromatic heterocycles. The van der Waals surface area contributed by atoms with Gasteiger partial charge >= 0.3 is 0 Å². The van der Waals surface area contributed by atoms with E-state index in [9.17, 15) is 4.79 Å². The van der Waals surface area contributed by atoms with Gasteiger partial charge in [-0.15, -0.1) is 0 Å². The lowest BCUT2D eigenvalue weighted by atomic mass is 10.2. The van der Waals surface area contributed by atoms with Gasteiger partial charge in [-0.25, -0.2) is 0 Å². The quantitative estimate of drug-likeness (QED) is 0.716. The van der Waals surface area contributed by atoms with Gasteiger partial charge in [-0.1, -0.05) is 0 Å². The largest absolute Gasteiger partial charge is 0.394 e. The highest BCUT2D eigenvalue weighted by atomic mass is 16.5. The standard InChI is InChI=1S/C12H18N2O3/c1-14(2)11-5-3-10(4-6-11)13-12(16)9-17-8-7-15/h3-6,15H,7-9H2,1-2H3,(H,13,16). The van der Waals surface area contributed by atoms with Crippen LogP contribution in [0.25, 0.3) is 0 Å². The van der Waals surface area contributed by atoms with E-state index in [0.717, 1.165) is 11.4 Å². The number of carbonyl (C=O) groups is 1. The molecule has 0 aliphatic carbocycles. The Bertz CT molecular complexity index is 349. The van der Waals surface area contributed by atoms with E-state index in [4.69, 9.17) is 9.84 Å². The van der Waals surface area contributed by atoms with Crippen LogP contribution in [-0.2, 0) is 9.53 Å². The van der Waals surface area contributed by atoms with Crippen molar-refractivity contribution >= 4 is 17.3 Å². The fourth-order valence-corrected chi connectivity index (χ4v) is 1.27. The zero-order valence-electron chi connectivity index (χ0n) is 10.1. The molecule has 1 aromatic carbocycles. The highest BCUT2D eigenvalue weighted by Crippen LogP contribution is 2.15. The smallest absolute Gasteiger partial charge is 0.250 e. The van der Waals surface area contributed by atoms with Crippen LogP contribution in [0.3, 0.4) is 0 Å². The predicted octanol–water partition coefficient (Wildman–Crippen LogP) is 0.700. The maximum atomic E-state index is 11.4. The Morgan fingerprint density at radius 1 is 1.35 bits per heavy atom. The normalized spacial score (nSPS) is 10.1. The molecule has 1 rings (SSSR count).